The minimum absolute atomic E-state index is 0.0119. The summed E-state index contributed by atoms with van der Waals surface area (Å²) in [6.07, 6.45) is 0.109. The largest absolute Gasteiger partial charge is 0.355 e. The molecule has 144 valence electrons. The Bertz CT molecular complexity index is 630. The summed E-state index contributed by atoms with van der Waals surface area (Å²) >= 11 is 0. The predicted molar refractivity (Wildman–Crippen MR) is 95.5 cm³/mol. The molecule has 0 atom stereocenters. The Morgan fingerprint density at radius 1 is 1.08 bits per heavy atom. The van der Waals surface area contributed by atoms with Gasteiger partial charge in [0.15, 0.2) is 0 Å². The molecule has 1 heterocycles. The number of carbonyl (C=O) groups excluding carboxylic acids is 2. The standard InChI is InChI=1S/C19H27F2N3O2/c1-19(2,3)18(26)24-11-9-23(10-12-24)13-17(25)22-8-7-14-15(20)5-4-6-16(14)21/h4-6H,7-13H2,1-3H3,(H,22,25). The van der Waals surface area contributed by atoms with Gasteiger partial charge in [0.1, 0.15) is 11.6 Å². The summed E-state index contributed by atoms with van der Waals surface area (Å²) < 4.78 is 27.1. The van der Waals surface area contributed by atoms with E-state index >= 15 is 0 Å². The Labute approximate surface area is 153 Å². The number of benzene rings is 1. The Kier molecular flexibility index (Phi) is 6.69. The number of amides is 2. The first-order valence-electron chi connectivity index (χ1n) is 8.90. The van der Waals surface area contributed by atoms with Crippen molar-refractivity contribution in [3.05, 3.63) is 35.4 Å². The smallest absolute Gasteiger partial charge is 0.234 e. The van der Waals surface area contributed by atoms with Gasteiger partial charge in [0.2, 0.25) is 11.8 Å². The van der Waals surface area contributed by atoms with Gasteiger partial charge in [-0.1, -0.05) is 26.8 Å². The number of carbonyl (C=O) groups is 2. The topological polar surface area (TPSA) is 52.7 Å². The molecular weight excluding hydrogens is 340 g/mol. The minimum atomic E-state index is -0.598. The van der Waals surface area contributed by atoms with Gasteiger partial charge in [-0.2, -0.15) is 0 Å². The fraction of sp³-hybridized carbons (Fsp3) is 0.579. The number of hydrogen-bond donors (Lipinski definition) is 1. The van der Waals surface area contributed by atoms with Crippen LogP contribution in [0.5, 0.6) is 0 Å². The van der Waals surface area contributed by atoms with Crippen molar-refractivity contribution in [3.63, 3.8) is 0 Å². The van der Waals surface area contributed by atoms with Crippen LogP contribution in [0, 0.1) is 17.0 Å². The second-order valence-corrected chi connectivity index (χ2v) is 7.62. The van der Waals surface area contributed by atoms with Crippen molar-refractivity contribution in [2.24, 2.45) is 5.41 Å². The third-order valence-corrected chi connectivity index (χ3v) is 4.43. The molecule has 2 amide bonds. The van der Waals surface area contributed by atoms with Gasteiger partial charge in [0.25, 0.3) is 0 Å². The average molecular weight is 367 g/mol. The molecule has 1 aromatic carbocycles. The molecule has 0 saturated carbocycles. The molecule has 0 spiro atoms. The van der Waals surface area contributed by atoms with Crippen LogP contribution in [0.4, 0.5) is 8.78 Å². The van der Waals surface area contributed by atoms with E-state index in [1.807, 2.05) is 30.6 Å². The van der Waals surface area contributed by atoms with Crippen LogP contribution in [-0.4, -0.2) is 60.9 Å². The molecule has 0 unspecified atom stereocenters. The minimum Gasteiger partial charge on any atom is -0.355 e. The first-order chi connectivity index (χ1) is 12.2. The summed E-state index contributed by atoms with van der Waals surface area (Å²) in [6, 6.07) is 3.73. The van der Waals surface area contributed by atoms with Crippen LogP contribution in [0.3, 0.4) is 0 Å². The van der Waals surface area contributed by atoms with E-state index in [-0.39, 0.29) is 36.9 Å². The van der Waals surface area contributed by atoms with Gasteiger partial charge in [-0.15, -0.1) is 0 Å². The summed E-state index contributed by atoms with van der Waals surface area (Å²) in [4.78, 5) is 28.1. The van der Waals surface area contributed by atoms with Gasteiger partial charge in [-0.05, 0) is 18.6 Å². The zero-order valence-corrected chi connectivity index (χ0v) is 15.6. The lowest BCUT2D eigenvalue weighted by Crippen LogP contribution is -2.53. The van der Waals surface area contributed by atoms with E-state index in [4.69, 9.17) is 0 Å². The highest BCUT2D eigenvalue weighted by molar-refractivity contribution is 5.81. The summed E-state index contributed by atoms with van der Waals surface area (Å²) in [6.45, 7) is 8.56. The number of halogens is 2. The Morgan fingerprint density at radius 3 is 2.19 bits per heavy atom. The Hall–Kier alpha value is -2.02. The van der Waals surface area contributed by atoms with Crippen molar-refractivity contribution in [1.29, 1.82) is 0 Å². The van der Waals surface area contributed by atoms with Gasteiger partial charge >= 0.3 is 0 Å². The highest BCUT2D eigenvalue weighted by atomic mass is 19.1. The van der Waals surface area contributed by atoms with Crippen LogP contribution in [0.15, 0.2) is 18.2 Å². The lowest BCUT2D eigenvalue weighted by molar-refractivity contribution is -0.141. The molecule has 7 heteroatoms. The van der Waals surface area contributed by atoms with Gasteiger partial charge in [-0.25, -0.2) is 8.78 Å². The maximum Gasteiger partial charge on any atom is 0.234 e. The van der Waals surface area contributed by atoms with Crippen LogP contribution in [0.25, 0.3) is 0 Å². The first-order valence-corrected chi connectivity index (χ1v) is 8.90. The second kappa shape index (κ2) is 8.58. The average Bonchev–Trinajstić information content (AvgIpc) is 2.57. The van der Waals surface area contributed by atoms with E-state index in [2.05, 4.69) is 5.32 Å². The van der Waals surface area contributed by atoms with E-state index in [1.54, 1.807) is 0 Å². The summed E-state index contributed by atoms with van der Waals surface area (Å²) in [5.74, 6) is -1.26. The monoisotopic (exact) mass is 367 g/mol. The highest BCUT2D eigenvalue weighted by Gasteiger charge is 2.29. The van der Waals surface area contributed by atoms with Crippen molar-refractivity contribution < 1.29 is 18.4 Å². The van der Waals surface area contributed by atoms with Crippen LogP contribution in [-0.2, 0) is 16.0 Å². The lowest BCUT2D eigenvalue weighted by atomic mass is 9.94. The second-order valence-electron chi connectivity index (χ2n) is 7.62. The first kappa shape index (κ1) is 20.3. The number of hydrogen-bond acceptors (Lipinski definition) is 3. The van der Waals surface area contributed by atoms with Crippen molar-refractivity contribution >= 4 is 11.8 Å². The van der Waals surface area contributed by atoms with E-state index in [0.29, 0.717) is 26.2 Å². The Balaban J connectivity index is 1.72. The van der Waals surface area contributed by atoms with Gasteiger partial charge < -0.3 is 10.2 Å². The molecule has 5 nitrogen and oxygen atoms in total. The lowest BCUT2D eigenvalue weighted by Gasteiger charge is -2.37. The van der Waals surface area contributed by atoms with E-state index in [1.165, 1.54) is 18.2 Å². The van der Waals surface area contributed by atoms with Crippen LogP contribution < -0.4 is 5.32 Å². The molecular formula is C19H27F2N3O2. The van der Waals surface area contributed by atoms with Crippen molar-refractivity contribution in [2.75, 3.05) is 39.3 Å². The molecule has 1 aliphatic heterocycles. The molecule has 1 saturated heterocycles. The van der Waals surface area contributed by atoms with Crippen LogP contribution >= 0.6 is 0 Å². The highest BCUT2D eigenvalue weighted by Crippen LogP contribution is 2.18. The van der Waals surface area contributed by atoms with Crippen molar-refractivity contribution in [3.8, 4) is 0 Å². The fourth-order valence-electron chi connectivity index (χ4n) is 2.94. The maximum absolute atomic E-state index is 13.5. The molecule has 0 radical (unpaired) electrons. The predicted octanol–water partition coefficient (Wildman–Crippen LogP) is 1.81. The molecule has 0 bridgehead atoms. The molecule has 1 aromatic rings. The molecule has 1 N–H and O–H groups in total. The van der Waals surface area contributed by atoms with Gasteiger partial charge in [-0.3, -0.25) is 14.5 Å². The molecule has 0 aromatic heterocycles. The molecule has 1 fully saturated rings. The van der Waals surface area contributed by atoms with Crippen LogP contribution in [0.2, 0.25) is 0 Å². The van der Waals surface area contributed by atoms with Gasteiger partial charge in [0, 0.05) is 43.7 Å². The molecule has 0 aliphatic carbocycles. The third kappa shape index (κ3) is 5.49. The summed E-state index contributed by atoms with van der Waals surface area (Å²) in [7, 11) is 0. The van der Waals surface area contributed by atoms with Crippen molar-refractivity contribution in [2.45, 2.75) is 27.2 Å². The zero-order valence-electron chi connectivity index (χ0n) is 15.6. The quantitative estimate of drug-likeness (QED) is 0.864. The zero-order chi connectivity index (χ0) is 19.3. The number of nitrogens with zero attached hydrogens (tertiary/aromatic N) is 2. The number of piperazine rings is 1. The normalized spacial score (nSPS) is 15.8. The number of rotatable bonds is 5. The maximum atomic E-state index is 13.5. The van der Waals surface area contributed by atoms with Gasteiger partial charge in [0.05, 0.1) is 6.54 Å². The van der Waals surface area contributed by atoms with E-state index < -0.39 is 17.0 Å². The van der Waals surface area contributed by atoms with E-state index in [0.717, 1.165) is 0 Å². The fourth-order valence-corrected chi connectivity index (χ4v) is 2.94. The Morgan fingerprint density at radius 2 is 1.65 bits per heavy atom. The molecule has 2 rings (SSSR count). The number of nitrogens with one attached hydrogen (secondary N) is 1. The molecule has 26 heavy (non-hydrogen) atoms. The third-order valence-electron chi connectivity index (χ3n) is 4.43. The summed E-state index contributed by atoms with van der Waals surface area (Å²) in [5, 5.41) is 2.70. The molecule has 1 aliphatic rings. The summed E-state index contributed by atoms with van der Waals surface area (Å²) in [5.41, 5.74) is -0.413. The van der Waals surface area contributed by atoms with E-state index in [9.17, 15) is 18.4 Å². The van der Waals surface area contributed by atoms with Crippen molar-refractivity contribution in [1.82, 2.24) is 15.1 Å². The van der Waals surface area contributed by atoms with Crippen LogP contribution in [0.1, 0.15) is 26.3 Å². The SMILES string of the molecule is CC(C)(C)C(=O)N1CCN(CC(=O)NCCc2c(F)cccc2F)CC1.